The Balaban J connectivity index is 1.30. The van der Waals surface area contributed by atoms with Gasteiger partial charge in [-0.25, -0.2) is 0 Å². The summed E-state index contributed by atoms with van der Waals surface area (Å²) in [5.74, 6) is 0. The highest BCUT2D eigenvalue weighted by Gasteiger charge is 2.35. The van der Waals surface area contributed by atoms with E-state index in [1.165, 1.54) is 94.4 Å². The average Bonchev–Trinajstić information content (AvgIpc) is 3.31. The van der Waals surface area contributed by atoms with Crippen molar-refractivity contribution >= 4 is 44.3 Å². The fourth-order valence-corrected chi connectivity index (χ4v) is 8.30. The summed E-state index contributed by atoms with van der Waals surface area (Å²) < 4.78 is 0. The molecule has 0 saturated carbocycles. The Morgan fingerprint density at radius 3 is 1.74 bits per heavy atom. The highest BCUT2D eigenvalue weighted by Crippen LogP contribution is 2.52. The predicted molar refractivity (Wildman–Crippen MR) is 197 cm³/mol. The van der Waals surface area contributed by atoms with Gasteiger partial charge in [0, 0.05) is 19.5 Å². The monoisotopic (exact) mass is 592 g/mol. The first-order chi connectivity index (χ1) is 22.3. The van der Waals surface area contributed by atoms with Crippen molar-refractivity contribution in [3.63, 3.8) is 0 Å². The molecular formula is C44H36N2. The number of rotatable bonds is 2. The molecule has 0 saturated heterocycles. The zero-order valence-corrected chi connectivity index (χ0v) is 27.0. The molecule has 222 valence electrons. The zero-order valence-electron chi connectivity index (χ0n) is 27.0. The van der Waals surface area contributed by atoms with Gasteiger partial charge < -0.3 is 9.80 Å². The molecule has 0 radical (unpaired) electrons. The molecule has 7 aromatic carbocycles. The summed E-state index contributed by atoms with van der Waals surface area (Å²) >= 11 is 0. The molecule has 7 aromatic rings. The van der Waals surface area contributed by atoms with E-state index >= 15 is 0 Å². The van der Waals surface area contributed by atoms with Gasteiger partial charge in [0.25, 0.3) is 0 Å². The van der Waals surface area contributed by atoms with Crippen LogP contribution in [0.5, 0.6) is 0 Å². The maximum atomic E-state index is 2.47. The number of para-hydroxylation sites is 2. The molecular weight excluding hydrogens is 556 g/mol. The van der Waals surface area contributed by atoms with Crippen LogP contribution in [0.3, 0.4) is 0 Å². The molecule has 0 N–H and O–H groups in total. The highest BCUT2D eigenvalue weighted by atomic mass is 15.2. The Labute approximate surface area is 271 Å². The van der Waals surface area contributed by atoms with Crippen LogP contribution in [0.15, 0.2) is 127 Å². The van der Waals surface area contributed by atoms with Crippen molar-refractivity contribution in [3.05, 3.63) is 144 Å². The van der Waals surface area contributed by atoms with E-state index < -0.39 is 0 Å². The van der Waals surface area contributed by atoms with Crippen LogP contribution >= 0.6 is 0 Å². The average molecular weight is 593 g/mol. The summed E-state index contributed by atoms with van der Waals surface area (Å²) in [6.45, 7) is 6.94. The molecule has 1 aliphatic heterocycles. The van der Waals surface area contributed by atoms with Crippen LogP contribution in [0, 0.1) is 6.92 Å². The molecule has 2 nitrogen and oxygen atoms in total. The second kappa shape index (κ2) is 9.58. The maximum Gasteiger partial charge on any atom is 0.0656 e. The summed E-state index contributed by atoms with van der Waals surface area (Å²) in [5.41, 5.74) is 16.7. The van der Waals surface area contributed by atoms with Crippen LogP contribution in [-0.2, 0) is 5.41 Å². The Bertz CT molecular complexity index is 2400. The van der Waals surface area contributed by atoms with E-state index in [0.717, 1.165) is 0 Å². The van der Waals surface area contributed by atoms with E-state index in [2.05, 4.69) is 172 Å². The lowest BCUT2D eigenvalue weighted by atomic mass is 9.80. The Hall–Kier alpha value is -5.34. The number of anilines is 4. The molecule has 2 heteroatoms. The SMILES string of the molecule is Cc1ccc2c(-c3ccc4c(c3)C(C)(C)c3ccccc3-4)c3ccccc3c(-c3ccc4c(c3)N(C)c3ccccc3N4C)c2c1. The van der Waals surface area contributed by atoms with E-state index in [9.17, 15) is 0 Å². The molecule has 0 spiro atoms. The minimum Gasteiger partial charge on any atom is -0.341 e. The topological polar surface area (TPSA) is 6.48 Å². The third-order valence-electron chi connectivity index (χ3n) is 10.6. The van der Waals surface area contributed by atoms with E-state index in [-0.39, 0.29) is 5.41 Å². The third kappa shape index (κ3) is 3.64. The quantitative estimate of drug-likeness (QED) is 0.184. The van der Waals surface area contributed by atoms with E-state index in [0.29, 0.717) is 0 Å². The third-order valence-corrected chi connectivity index (χ3v) is 10.6. The lowest BCUT2D eigenvalue weighted by Crippen LogP contribution is -2.24. The lowest BCUT2D eigenvalue weighted by Gasteiger charge is -2.36. The van der Waals surface area contributed by atoms with Crippen LogP contribution in [0.2, 0.25) is 0 Å². The van der Waals surface area contributed by atoms with Gasteiger partial charge >= 0.3 is 0 Å². The van der Waals surface area contributed by atoms with E-state index in [1.807, 2.05) is 0 Å². The van der Waals surface area contributed by atoms with Crippen molar-refractivity contribution in [1.82, 2.24) is 0 Å². The first kappa shape index (κ1) is 27.0. The highest BCUT2D eigenvalue weighted by molar-refractivity contribution is 6.22. The van der Waals surface area contributed by atoms with Gasteiger partial charge in [-0.3, -0.25) is 0 Å². The fraction of sp³-hybridized carbons (Fsp3) is 0.136. The van der Waals surface area contributed by atoms with Crippen LogP contribution < -0.4 is 9.80 Å². The first-order valence-electron chi connectivity index (χ1n) is 16.2. The Morgan fingerprint density at radius 1 is 0.435 bits per heavy atom. The van der Waals surface area contributed by atoms with E-state index in [4.69, 9.17) is 0 Å². The number of aryl methyl sites for hydroxylation is 1. The van der Waals surface area contributed by atoms with Gasteiger partial charge in [-0.15, -0.1) is 0 Å². The van der Waals surface area contributed by atoms with Crippen LogP contribution in [0.25, 0.3) is 54.9 Å². The molecule has 0 unspecified atom stereocenters. The molecule has 0 bridgehead atoms. The molecule has 9 rings (SSSR count). The van der Waals surface area contributed by atoms with Gasteiger partial charge in [0.15, 0.2) is 0 Å². The predicted octanol–water partition coefficient (Wildman–Crippen LogP) is 11.8. The first-order valence-corrected chi connectivity index (χ1v) is 16.2. The standard InChI is InChI=1S/C44H36N2/c1-27-18-21-34-35(24-27)43(29-20-23-40-41(26-29)46(5)39-17-11-10-16-38(39)45(40)4)33-14-7-6-13-32(33)42(34)28-19-22-31-30-12-8-9-15-36(30)44(2,3)37(31)25-28/h6-26H,1-5H3. The van der Waals surface area contributed by atoms with Gasteiger partial charge in [0.1, 0.15) is 0 Å². The van der Waals surface area contributed by atoms with E-state index in [1.54, 1.807) is 0 Å². The van der Waals surface area contributed by atoms with Crippen molar-refractivity contribution in [2.24, 2.45) is 0 Å². The molecule has 0 atom stereocenters. The minimum absolute atomic E-state index is 0.0506. The second-order valence-corrected chi connectivity index (χ2v) is 13.6. The summed E-state index contributed by atoms with van der Waals surface area (Å²) in [6, 6.07) is 47.7. The summed E-state index contributed by atoms with van der Waals surface area (Å²) in [7, 11) is 4.36. The van der Waals surface area contributed by atoms with Crippen molar-refractivity contribution in [2.45, 2.75) is 26.2 Å². The van der Waals surface area contributed by atoms with Crippen LogP contribution in [0.1, 0.15) is 30.5 Å². The smallest absolute Gasteiger partial charge is 0.0656 e. The number of nitrogens with zero attached hydrogens (tertiary/aromatic N) is 2. The van der Waals surface area contributed by atoms with Gasteiger partial charge in [0.05, 0.1) is 22.7 Å². The van der Waals surface area contributed by atoms with Crippen molar-refractivity contribution in [3.8, 4) is 33.4 Å². The van der Waals surface area contributed by atoms with Gasteiger partial charge in [-0.2, -0.15) is 0 Å². The second-order valence-electron chi connectivity index (χ2n) is 13.6. The molecule has 1 aliphatic carbocycles. The van der Waals surface area contributed by atoms with Crippen molar-refractivity contribution < 1.29 is 0 Å². The van der Waals surface area contributed by atoms with Gasteiger partial charge in [-0.1, -0.05) is 116 Å². The normalized spacial score (nSPS) is 14.3. The Kier molecular flexibility index (Phi) is 5.63. The number of hydrogen-bond acceptors (Lipinski definition) is 2. The maximum absolute atomic E-state index is 2.47. The number of benzene rings is 7. The number of fused-ring (bicyclic) bond motifs is 7. The van der Waals surface area contributed by atoms with Gasteiger partial charge in [0.2, 0.25) is 0 Å². The molecule has 2 aliphatic rings. The summed E-state index contributed by atoms with van der Waals surface area (Å²) in [6.07, 6.45) is 0. The summed E-state index contributed by atoms with van der Waals surface area (Å²) in [5, 5.41) is 5.16. The fourth-order valence-electron chi connectivity index (χ4n) is 8.30. The van der Waals surface area contributed by atoms with Crippen LogP contribution in [0.4, 0.5) is 22.7 Å². The lowest BCUT2D eigenvalue weighted by molar-refractivity contribution is 0.660. The number of hydrogen-bond donors (Lipinski definition) is 0. The molecule has 0 amide bonds. The van der Waals surface area contributed by atoms with Crippen LogP contribution in [-0.4, -0.2) is 14.1 Å². The molecule has 0 fully saturated rings. The molecule has 46 heavy (non-hydrogen) atoms. The zero-order chi connectivity index (χ0) is 31.3. The minimum atomic E-state index is -0.0506. The molecule has 1 heterocycles. The molecule has 0 aromatic heterocycles. The van der Waals surface area contributed by atoms with Crippen molar-refractivity contribution in [1.29, 1.82) is 0 Å². The Morgan fingerprint density at radius 2 is 0.978 bits per heavy atom. The van der Waals surface area contributed by atoms with Crippen molar-refractivity contribution in [2.75, 3.05) is 23.9 Å². The van der Waals surface area contributed by atoms with Gasteiger partial charge in [-0.05, 0) is 103 Å². The summed E-state index contributed by atoms with van der Waals surface area (Å²) in [4.78, 5) is 4.65. The largest absolute Gasteiger partial charge is 0.341 e.